The third kappa shape index (κ3) is 3.37. The van der Waals surface area contributed by atoms with Crippen molar-refractivity contribution in [1.82, 2.24) is 20.4 Å². The zero-order valence-corrected chi connectivity index (χ0v) is 15.3. The normalized spacial score (nSPS) is 25.1. The first kappa shape index (κ1) is 17.8. The second-order valence-corrected chi connectivity index (χ2v) is 7.74. The molecule has 142 valence electrons. The highest BCUT2D eigenvalue weighted by Gasteiger charge is 2.69. The molecule has 1 aromatic carbocycles. The first-order valence-electron chi connectivity index (χ1n) is 8.49. The van der Waals surface area contributed by atoms with E-state index >= 15 is 0 Å². The molecule has 7 nitrogen and oxygen atoms in total. The molecule has 27 heavy (non-hydrogen) atoms. The molecule has 9 heteroatoms. The van der Waals surface area contributed by atoms with Gasteiger partial charge in [-0.3, -0.25) is 14.3 Å². The number of nitrogens with zero attached hydrogens (tertiary/aromatic N) is 2. The molecule has 0 spiro atoms. The van der Waals surface area contributed by atoms with Crippen molar-refractivity contribution in [2.75, 3.05) is 6.61 Å². The average Bonchev–Trinajstić information content (AvgIpc) is 2.99. The quantitative estimate of drug-likeness (QED) is 0.785. The van der Waals surface area contributed by atoms with Crippen LogP contribution >= 0.6 is 11.6 Å². The van der Waals surface area contributed by atoms with Crippen LogP contribution in [-0.2, 0) is 11.8 Å². The number of nitrogens with one attached hydrogen (secondary N) is 2. The van der Waals surface area contributed by atoms with Gasteiger partial charge in [-0.05, 0) is 37.5 Å². The predicted octanol–water partition coefficient (Wildman–Crippen LogP) is 1.81. The predicted molar refractivity (Wildman–Crippen MR) is 95.0 cm³/mol. The number of ether oxygens (including phenoxy) is 1. The Hall–Kier alpha value is -2.61. The number of hydrogen-bond acceptors (Lipinski definition) is 4. The van der Waals surface area contributed by atoms with E-state index in [-0.39, 0.29) is 40.3 Å². The van der Waals surface area contributed by atoms with Gasteiger partial charge in [-0.1, -0.05) is 11.6 Å². The van der Waals surface area contributed by atoms with Crippen LogP contribution in [0.4, 0.5) is 4.39 Å². The fourth-order valence-electron chi connectivity index (χ4n) is 3.94. The lowest BCUT2D eigenvalue weighted by Gasteiger charge is -2.70. The lowest BCUT2D eigenvalue weighted by atomic mass is 9.44. The van der Waals surface area contributed by atoms with Gasteiger partial charge in [-0.15, -0.1) is 0 Å². The number of amides is 2. The first-order valence-corrected chi connectivity index (χ1v) is 8.87. The number of hydrogen-bond donors (Lipinski definition) is 2. The topological polar surface area (TPSA) is 85.2 Å². The van der Waals surface area contributed by atoms with Crippen LogP contribution in [0.5, 0.6) is 5.75 Å². The molecule has 3 aliphatic rings. The van der Waals surface area contributed by atoms with Crippen molar-refractivity contribution in [2.45, 2.75) is 30.3 Å². The molecular weight excluding hydrogens is 375 g/mol. The molecule has 2 aromatic rings. The van der Waals surface area contributed by atoms with Crippen LogP contribution in [0, 0.1) is 5.82 Å². The lowest BCUT2D eigenvalue weighted by molar-refractivity contribution is -0.141. The van der Waals surface area contributed by atoms with Gasteiger partial charge in [-0.25, -0.2) is 4.39 Å². The SMILES string of the molecule is Cn1ccc(C(=O)NC23CC(NC(=O)COc4ccc(Cl)c(F)c4)(C2)C3)n1. The summed E-state index contributed by atoms with van der Waals surface area (Å²) < 4.78 is 20.2. The Morgan fingerprint density at radius 3 is 2.59 bits per heavy atom. The van der Waals surface area contributed by atoms with Gasteiger partial charge in [0.05, 0.1) is 5.02 Å². The Morgan fingerprint density at radius 1 is 1.26 bits per heavy atom. The summed E-state index contributed by atoms with van der Waals surface area (Å²) in [5, 5.41) is 10.0. The number of carbonyl (C=O) groups excluding carboxylic acids is 2. The summed E-state index contributed by atoms with van der Waals surface area (Å²) in [6.07, 6.45) is 3.75. The van der Waals surface area contributed by atoms with Crippen LogP contribution in [0.2, 0.25) is 5.02 Å². The Kier molecular flexibility index (Phi) is 4.10. The van der Waals surface area contributed by atoms with Crippen molar-refractivity contribution in [2.24, 2.45) is 7.05 Å². The number of carbonyl (C=O) groups is 2. The summed E-state index contributed by atoms with van der Waals surface area (Å²) in [5.41, 5.74) is -0.172. The van der Waals surface area contributed by atoms with Gasteiger partial charge >= 0.3 is 0 Å². The summed E-state index contributed by atoms with van der Waals surface area (Å²) in [5.74, 6) is -0.846. The van der Waals surface area contributed by atoms with Crippen LogP contribution in [0.15, 0.2) is 30.5 Å². The van der Waals surface area contributed by atoms with Crippen molar-refractivity contribution in [3.63, 3.8) is 0 Å². The number of halogens is 2. The van der Waals surface area contributed by atoms with Crippen LogP contribution in [0.25, 0.3) is 0 Å². The minimum Gasteiger partial charge on any atom is -0.484 e. The van der Waals surface area contributed by atoms with Crippen LogP contribution in [0.3, 0.4) is 0 Å². The second-order valence-electron chi connectivity index (χ2n) is 7.33. The van der Waals surface area contributed by atoms with Gasteiger partial charge < -0.3 is 15.4 Å². The van der Waals surface area contributed by atoms with Gasteiger partial charge in [0.15, 0.2) is 6.61 Å². The summed E-state index contributed by atoms with van der Waals surface area (Å²) in [6.45, 7) is -0.212. The third-order valence-electron chi connectivity index (χ3n) is 5.02. The van der Waals surface area contributed by atoms with E-state index in [9.17, 15) is 14.0 Å². The minimum absolute atomic E-state index is 0.00119. The zero-order chi connectivity index (χ0) is 19.2. The highest BCUT2D eigenvalue weighted by atomic mass is 35.5. The van der Waals surface area contributed by atoms with Gasteiger partial charge in [0.1, 0.15) is 17.3 Å². The fraction of sp³-hybridized carbons (Fsp3) is 0.389. The number of rotatable bonds is 6. The Balaban J connectivity index is 1.23. The highest BCUT2D eigenvalue weighted by Crippen LogP contribution is 2.60. The van der Waals surface area contributed by atoms with Gasteiger partial charge in [-0.2, -0.15) is 5.10 Å². The van der Waals surface area contributed by atoms with E-state index in [1.165, 1.54) is 12.1 Å². The average molecular weight is 393 g/mol. The monoisotopic (exact) mass is 392 g/mol. The first-order chi connectivity index (χ1) is 12.8. The molecule has 2 bridgehead atoms. The zero-order valence-electron chi connectivity index (χ0n) is 14.6. The molecule has 0 saturated heterocycles. The number of aromatic nitrogens is 2. The minimum atomic E-state index is -0.598. The van der Waals surface area contributed by atoms with Crippen molar-refractivity contribution in [1.29, 1.82) is 0 Å². The van der Waals surface area contributed by atoms with E-state index in [0.717, 1.165) is 6.07 Å². The van der Waals surface area contributed by atoms with Gasteiger partial charge in [0, 0.05) is 30.4 Å². The largest absolute Gasteiger partial charge is 0.484 e. The molecule has 0 radical (unpaired) electrons. The summed E-state index contributed by atoms with van der Waals surface area (Å²) in [7, 11) is 1.75. The fourth-order valence-corrected chi connectivity index (χ4v) is 4.06. The Morgan fingerprint density at radius 2 is 1.96 bits per heavy atom. The molecule has 3 saturated carbocycles. The molecular formula is C18H18ClFN4O3. The number of benzene rings is 1. The molecule has 0 unspecified atom stereocenters. The summed E-state index contributed by atoms with van der Waals surface area (Å²) in [4.78, 5) is 24.3. The van der Waals surface area contributed by atoms with Crippen LogP contribution in [-0.4, -0.2) is 39.3 Å². The smallest absolute Gasteiger partial charge is 0.272 e. The second kappa shape index (κ2) is 6.23. The maximum absolute atomic E-state index is 13.4. The Labute approximate surface area is 159 Å². The number of aryl methyl sites for hydroxylation is 1. The molecule has 3 fully saturated rings. The molecule has 1 aromatic heterocycles. The van der Waals surface area contributed by atoms with Crippen molar-refractivity contribution >= 4 is 23.4 Å². The van der Waals surface area contributed by atoms with E-state index in [2.05, 4.69) is 15.7 Å². The summed E-state index contributed by atoms with van der Waals surface area (Å²) in [6, 6.07) is 5.68. The molecule has 2 amide bonds. The van der Waals surface area contributed by atoms with Crippen molar-refractivity contribution < 1.29 is 18.7 Å². The van der Waals surface area contributed by atoms with Gasteiger partial charge in [0.2, 0.25) is 0 Å². The third-order valence-corrected chi connectivity index (χ3v) is 5.33. The maximum atomic E-state index is 13.4. The molecule has 5 rings (SSSR count). The molecule has 1 heterocycles. The molecule has 0 aliphatic heterocycles. The molecule has 3 aliphatic carbocycles. The molecule has 2 N–H and O–H groups in total. The van der Waals surface area contributed by atoms with E-state index in [1.807, 2.05) is 0 Å². The molecule has 0 atom stereocenters. The lowest BCUT2D eigenvalue weighted by Crippen LogP contribution is -2.84. The maximum Gasteiger partial charge on any atom is 0.272 e. The van der Waals surface area contributed by atoms with E-state index in [4.69, 9.17) is 16.3 Å². The van der Waals surface area contributed by atoms with Gasteiger partial charge in [0.25, 0.3) is 11.8 Å². The Bertz CT molecular complexity index is 909. The van der Waals surface area contributed by atoms with Crippen LogP contribution < -0.4 is 15.4 Å². The summed E-state index contributed by atoms with van der Waals surface area (Å²) >= 11 is 5.61. The highest BCUT2D eigenvalue weighted by molar-refractivity contribution is 6.30. The van der Waals surface area contributed by atoms with Crippen molar-refractivity contribution in [3.05, 3.63) is 47.0 Å². The standard InChI is InChI=1S/C18H18ClFN4O3/c1-24-5-4-14(23-24)16(26)22-18-8-17(9-18,10-18)21-15(25)7-27-11-2-3-12(19)13(20)6-11/h2-6H,7-10H2,1H3,(H,21,25)(H,22,26). The van der Waals surface area contributed by atoms with E-state index in [1.54, 1.807) is 24.0 Å². The van der Waals surface area contributed by atoms with E-state index in [0.29, 0.717) is 25.0 Å². The van der Waals surface area contributed by atoms with Crippen LogP contribution in [0.1, 0.15) is 29.8 Å². The van der Waals surface area contributed by atoms with E-state index < -0.39 is 5.82 Å². The van der Waals surface area contributed by atoms with Crippen molar-refractivity contribution in [3.8, 4) is 5.75 Å².